The number of hydrogen-bond donors (Lipinski definition) is 1. The van der Waals surface area contributed by atoms with Gasteiger partial charge in [-0.2, -0.15) is 8.78 Å². The highest BCUT2D eigenvalue weighted by Crippen LogP contribution is 2.29. The third-order valence-electron chi connectivity index (χ3n) is 3.28. The topological polar surface area (TPSA) is 47.6 Å². The Hall–Kier alpha value is -2.16. The number of ether oxygens (including phenoxy) is 2. The average molecular weight is 459 g/mol. The van der Waals surface area contributed by atoms with Gasteiger partial charge in [-0.3, -0.25) is 4.79 Å². The molecule has 1 amide bonds. The molecule has 0 heterocycles. The fourth-order valence-corrected chi connectivity index (χ4v) is 2.74. The molecule has 0 spiro atoms. The van der Waals surface area contributed by atoms with Crippen molar-refractivity contribution >= 4 is 40.3 Å². The largest absolute Gasteiger partial charge is 0.493 e. The van der Waals surface area contributed by atoms with Crippen LogP contribution in [0.5, 0.6) is 11.5 Å². The fraction of sp³-hybridized carbons (Fsp3) is 0.167. The molecular formula is C18H16F2INO3. The van der Waals surface area contributed by atoms with E-state index in [4.69, 9.17) is 4.74 Å². The molecule has 7 heteroatoms. The van der Waals surface area contributed by atoms with Crippen LogP contribution < -0.4 is 14.8 Å². The van der Waals surface area contributed by atoms with E-state index in [2.05, 4.69) is 32.6 Å². The van der Waals surface area contributed by atoms with Gasteiger partial charge in [-0.25, -0.2) is 0 Å². The molecule has 0 saturated heterocycles. The maximum absolute atomic E-state index is 12.3. The quantitative estimate of drug-likeness (QED) is 0.496. The molecule has 0 bridgehead atoms. The first kappa shape index (κ1) is 19.2. The molecule has 0 aliphatic heterocycles. The third kappa shape index (κ3) is 5.70. The molecule has 132 valence electrons. The summed E-state index contributed by atoms with van der Waals surface area (Å²) in [4.78, 5) is 12.0. The molecule has 4 nitrogen and oxygen atoms in total. The lowest BCUT2D eigenvalue weighted by atomic mass is 10.1. The van der Waals surface area contributed by atoms with Gasteiger partial charge in [0.15, 0.2) is 11.5 Å². The molecule has 25 heavy (non-hydrogen) atoms. The molecule has 0 aliphatic carbocycles. The number of anilines is 1. The van der Waals surface area contributed by atoms with Gasteiger partial charge in [0.25, 0.3) is 0 Å². The van der Waals surface area contributed by atoms with Crippen LogP contribution >= 0.6 is 22.6 Å². The van der Waals surface area contributed by atoms with Crippen LogP contribution in [-0.4, -0.2) is 19.6 Å². The van der Waals surface area contributed by atoms with Crippen molar-refractivity contribution in [2.75, 3.05) is 12.4 Å². The predicted molar refractivity (Wildman–Crippen MR) is 101 cm³/mol. The molecular weight excluding hydrogens is 443 g/mol. The Bertz CT molecular complexity index is 794. The molecule has 0 radical (unpaired) electrons. The fourth-order valence-electron chi connectivity index (χ4n) is 2.09. The Balaban J connectivity index is 2.08. The minimum Gasteiger partial charge on any atom is -0.493 e. The summed E-state index contributed by atoms with van der Waals surface area (Å²) in [6.45, 7) is -1.02. The summed E-state index contributed by atoms with van der Waals surface area (Å²) < 4.78 is 35.1. The highest BCUT2D eigenvalue weighted by atomic mass is 127. The maximum atomic E-state index is 12.3. The van der Waals surface area contributed by atoms with Gasteiger partial charge in [0.2, 0.25) is 5.91 Å². The van der Waals surface area contributed by atoms with Crippen LogP contribution in [0.3, 0.4) is 0 Å². The number of amides is 1. The SMILES string of the molecule is COc1cc(C=CC(=O)Nc2ccc(I)cc2C)ccc1OC(F)F. The minimum absolute atomic E-state index is 0.0615. The van der Waals surface area contributed by atoms with E-state index in [1.54, 1.807) is 12.1 Å². The number of hydrogen-bond acceptors (Lipinski definition) is 3. The number of aryl methyl sites for hydroxylation is 1. The van der Waals surface area contributed by atoms with Crippen molar-refractivity contribution in [1.82, 2.24) is 0 Å². The summed E-state index contributed by atoms with van der Waals surface area (Å²) in [6.07, 6.45) is 2.92. The van der Waals surface area contributed by atoms with Gasteiger partial charge in [-0.1, -0.05) is 6.07 Å². The van der Waals surface area contributed by atoms with Gasteiger partial charge in [0.05, 0.1) is 7.11 Å². The molecule has 1 N–H and O–H groups in total. The Morgan fingerprint density at radius 2 is 1.96 bits per heavy atom. The number of benzene rings is 2. The van der Waals surface area contributed by atoms with E-state index < -0.39 is 6.61 Å². The van der Waals surface area contributed by atoms with Crippen LogP contribution in [0, 0.1) is 10.5 Å². The lowest BCUT2D eigenvalue weighted by Crippen LogP contribution is -2.09. The number of rotatable bonds is 6. The normalized spacial score (nSPS) is 11.0. The molecule has 2 aromatic carbocycles. The van der Waals surface area contributed by atoms with Crippen molar-refractivity contribution in [1.29, 1.82) is 0 Å². The number of halogens is 3. The summed E-state index contributed by atoms with van der Waals surface area (Å²) in [5, 5.41) is 2.79. The zero-order chi connectivity index (χ0) is 18.4. The number of methoxy groups -OCH3 is 1. The smallest absolute Gasteiger partial charge is 0.387 e. The summed E-state index contributed by atoms with van der Waals surface area (Å²) in [7, 11) is 1.35. The monoisotopic (exact) mass is 459 g/mol. The minimum atomic E-state index is -2.93. The summed E-state index contributed by atoms with van der Waals surface area (Å²) >= 11 is 2.20. The Kier molecular flexibility index (Phi) is 6.74. The predicted octanol–water partition coefficient (Wildman–Crippen LogP) is 4.86. The Labute approximate surface area is 158 Å². The molecule has 0 unspecified atom stereocenters. The maximum Gasteiger partial charge on any atom is 0.387 e. The van der Waals surface area contributed by atoms with E-state index in [-0.39, 0.29) is 17.4 Å². The lowest BCUT2D eigenvalue weighted by Gasteiger charge is -2.10. The highest BCUT2D eigenvalue weighted by Gasteiger charge is 2.10. The lowest BCUT2D eigenvalue weighted by molar-refractivity contribution is -0.111. The first-order valence-electron chi connectivity index (χ1n) is 7.27. The third-order valence-corrected chi connectivity index (χ3v) is 3.95. The van der Waals surface area contributed by atoms with E-state index in [1.165, 1.54) is 25.3 Å². The summed E-state index contributed by atoms with van der Waals surface area (Å²) in [5.74, 6) is -0.193. The van der Waals surface area contributed by atoms with Gasteiger partial charge in [-0.15, -0.1) is 0 Å². The first-order valence-corrected chi connectivity index (χ1v) is 8.35. The van der Waals surface area contributed by atoms with Crippen molar-refractivity contribution in [3.8, 4) is 11.5 Å². The van der Waals surface area contributed by atoms with Crippen molar-refractivity contribution < 1.29 is 23.0 Å². The van der Waals surface area contributed by atoms with Crippen molar-refractivity contribution in [2.24, 2.45) is 0 Å². The summed E-state index contributed by atoms with van der Waals surface area (Å²) in [6, 6.07) is 10.1. The summed E-state index contributed by atoms with van der Waals surface area (Å²) in [5.41, 5.74) is 2.31. The van der Waals surface area contributed by atoms with E-state index >= 15 is 0 Å². The molecule has 0 saturated carbocycles. The Morgan fingerprint density at radius 3 is 2.60 bits per heavy atom. The molecule has 0 aliphatic rings. The van der Waals surface area contributed by atoms with Crippen molar-refractivity contribution in [3.63, 3.8) is 0 Å². The van der Waals surface area contributed by atoms with Crippen LogP contribution in [-0.2, 0) is 4.79 Å². The van der Waals surface area contributed by atoms with Crippen molar-refractivity contribution in [3.05, 3.63) is 57.2 Å². The van der Waals surface area contributed by atoms with E-state index in [1.807, 2.05) is 25.1 Å². The van der Waals surface area contributed by atoms with Gasteiger partial charge < -0.3 is 14.8 Å². The number of carbonyl (C=O) groups is 1. The van der Waals surface area contributed by atoms with Crippen LogP contribution in [0.25, 0.3) is 6.08 Å². The van der Waals surface area contributed by atoms with E-state index in [0.717, 1.165) is 14.8 Å². The molecule has 0 atom stereocenters. The van der Waals surface area contributed by atoms with Gasteiger partial charge in [0.1, 0.15) is 0 Å². The Morgan fingerprint density at radius 1 is 1.20 bits per heavy atom. The van der Waals surface area contributed by atoms with Crippen LogP contribution in [0.2, 0.25) is 0 Å². The highest BCUT2D eigenvalue weighted by molar-refractivity contribution is 14.1. The zero-order valence-electron chi connectivity index (χ0n) is 13.6. The average Bonchev–Trinajstić information content (AvgIpc) is 2.56. The van der Waals surface area contributed by atoms with Crippen LogP contribution in [0.15, 0.2) is 42.5 Å². The number of nitrogens with one attached hydrogen (secondary N) is 1. The number of carbonyl (C=O) groups excluding carboxylic acids is 1. The van der Waals surface area contributed by atoms with E-state index in [0.29, 0.717) is 5.56 Å². The second-order valence-corrected chi connectivity index (χ2v) is 6.32. The standard InChI is InChI=1S/C18H16F2INO3/c1-11-9-13(21)5-6-14(11)22-17(23)8-4-12-3-7-15(25-18(19)20)16(10-12)24-2/h3-10,18H,1-2H3,(H,22,23). The van der Waals surface area contributed by atoms with Gasteiger partial charge >= 0.3 is 6.61 Å². The number of alkyl halides is 2. The molecule has 0 fully saturated rings. The van der Waals surface area contributed by atoms with Crippen LogP contribution in [0.4, 0.5) is 14.5 Å². The molecule has 0 aromatic heterocycles. The zero-order valence-corrected chi connectivity index (χ0v) is 15.7. The van der Waals surface area contributed by atoms with Gasteiger partial charge in [0, 0.05) is 15.3 Å². The molecule has 2 rings (SSSR count). The van der Waals surface area contributed by atoms with Crippen LogP contribution in [0.1, 0.15) is 11.1 Å². The second kappa shape index (κ2) is 8.80. The van der Waals surface area contributed by atoms with Crippen molar-refractivity contribution in [2.45, 2.75) is 13.5 Å². The second-order valence-electron chi connectivity index (χ2n) is 5.07. The molecule has 2 aromatic rings. The van der Waals surface area contributed by atoms with E-state index in [9.17, 15) is 13.6 Å². The van der Waals surface area contributed by atoms with Gasteiger partial charge in [-0.05, 0) is 77.0 Å². The first-order chi connectivity index (χ1) is 11.9.